The van der Waals surface area contributed by atoms with Crippen LogP contribution in [0.4, 0.5) is 5.69 Å². The quantitative estimate of drug-likeness (QED) is 0.388. The van der Waals surface area contributed by atoms with Crippen LogP contribution >= 0.6 is 23.0 Å². The Morgan fingerprint density at radius 2 is 2.06 bits per heavy atom. The van der Waals surface area contributed by atoms with E-state index in [0.29, 0.717) is 18.3 Å². The Balaban J connectivity index is 1.20. The first-order chi connectivity index (χ1) is 15.6. The molecule has 172 valence electrons. The van der Waals surface area contributed by atoms with Crippen molar-refractivity contribution in [1.29, 1.82) is 0 Å². The fraction of sp³-hybridized carbons (Fsp3) is 0.478. The number of benzene rings is 1. The molecule has 1 amide bonds. The summed E-state index contributed by atoms with van der Waals surface area (Å²) in [5.41, 5.74) is 3.93. The number of nitrogens with zero attached hydrogens (tertiary/aromatic N) is 3. The molecule has 2 aliphatic heterocycles. The largest absolute Gasteiger partial charge is 0.390 e. The van der Waals surface area contributed by atoms with E-state index < -0.39 is 6.10 Å². The number of carbonyl (C=O) groups is 1. The molecule has 0 saturated carbocycles. The van der Waals surface area contributed by atoms with Crippen LogP contribution in [-0.2, 0) is 16.0 Å². The van der Waals surface area contributed by atoms with Crippen LogP contribution in [0, 0.1) is 0 Å². The highest BCUT2D eigenvalue weighted by molar-refractivity contribution is 14.1. The van der Waals surface area contributed by atoms with Gasteiger partial charge >= 0.3 is 0 Å². The lowest BCUT2D eigenvalue weighted by molar-refractivity contribution is 0.0838. The normalized spacial score (nSPS) is 17.9. The number of β-amino-alcohol motifs (C(OH)–C–C–N with tert-alkyl or cyclic N) is 1. The van der Waals surface area contributed by atoms with Crippen LogP contribution in [0.3, 0.4) is 0 Å². The van der Waals surface area contributed by atoms with Crippen molar-refractivity contribution < 1.29 is 13.0 Å². The summed E-state index contributed by atoms with van der Waals surface area (Å²) in [6, 6.07) is 12.4. The van der Waals surface area contributed by atoms with Crippen molar-refractivity contribution in [2.75, 3.05) is 51.2 Å². The standard InChI is InChI=1S/C23H30IN5O3/c24-32-10-9-29-14-20(15-29)27-19-5-7-25-22(11-19)23(31)26-12-21(30)16-28-8-6-17-3-1-2-4-18(17)13-28/h1-5,7,11,20-21,30H,6,8-10,12-16H2,(H,25,27)(H,26,31)/t21-/m0/s1. The monoisotopic (exact) mass is 551 g/mol. The summed E-state index contributed by atoms with van der Waals surface area (Å²) in [5, 5.41) is 16.7. The van der Waals surface area contributed by atoms with Crippen molar-refractivity contribution in [3.63, 3.8) is 0 Å². The van der Waals surface area contributed by atoms with Crippen molar-refractivity contribution in [1.82, 2.24) is 20.1 Å². The van der Waals surface area contributed by atoms with Crippen molar-refractivity contribution >= 4 is 34.6 Å². The molecule has 9 heteroatoms. The summed E-state index contributed by atoms with van der Waals surface area (Å²) in [4.78, 5) is 21.3. The van der Waals surface area contributed by atoms with Gasteiger partial charge < -0.3 is 18.8 Å². The predicted octanol–water partition coefficient (Wildman–Crippen LogP) is 1.69. The number of hydrogen-bond donors (Lipinski definition) is 3. The number of hydrogen-bond acceptors (Lipinski definition) is 7. The first-order valence-electron chi connectivity index (χ1n) is 11.0. The number of aromatic nitrogens is 1. The minimum Gasteiger partial charge on any atom is -0.390 e. The summed E-state index contributed by atoms with van der Waals surface area (Å²) in [7, 11) is 0. The number of aliphatic hydroxyl groups is 1. The first-order valence-corrected chi connectivity index (χ1v) is 11.9. The van der Waals surface area contributed by atoms with Gasteiger partial charge in [-0.15, -0.1) is 0 Å². The molecule has 0 unspecified atom stereocenters. The van der Waals surface area contributed by atoms with Gasteiger partial charge in [-0.1, -0.05) is 24.3 Å². The highest BCUT2D eigenvalue weighted by Crippen LogP contribution is 2.19. The van der Waals surface area contributed by atoms with Crippen molar-refractivity contribution in [2.24, 2.45) is 0 Å². The molecular weight excluding hydrogens is 521 g/mol. The van der Waals surface area contributed by atoms with Gasteiger partial charge in [0, 0.05) is 57.7 Å². The maximum atomic E-state index is 12.5. The highest BCUT2D eigenvalue weighted by atomic mass is 127. The van der Waals surface area contributed by atoms with Gasteiger partial charge in [0.1, 0.15) is 28.7 Å². The summed E-state index contributed by atoms with van der Waals surface area (Å²) in [6.45, 7) is 6.05. The fourth-order valence-electron chi connectivity index (χ4n) is 4.26. The minimum absolute atomic E-state index is 0.201. The molecule has 0 aliphatic carbocycles. The number of anilines is 1. The topological polar surface area (TPSA) is 90.0 Å². The maximum absolute atomic E-state index is 12.5. The lowest BCUT2D eigenvalue weighted by atomic mass is 10.00. The zero-order valence-electron chi connectivity index (χ0n) is 18.0. The molecule has 1 aromatic heterocycles. The second kappa shape index (κ2) is 11.4. The Bertz CT molecular complexity index is 909. The Morgan fingerprint density at radius 3 is 2.88 bits per heavy atom. The zero-order valence-corrected chi connectivity index (χ0v) is 20.2. The first kappa shape index (κ1) is 23.4. The molecule has 1 fully saturated rings. The van der Waals surface area contributed by atoms with E-state index in [1.54, 1.807) is 12.3 Å². The van der Waals surface area contributed by atoms with Crippen LogP contribution in [0.15, 0.2) is 42.6 Å². The number of aliphatic hydroxyl groups excluding tert-OH is 1. The molecule has 1 saturated heterocycles. The molecule has 0 spiro atoms. The van der Waals surface area contributed by atoms with E-state index in [-0.39, 0.29) is 12.5 Å². The predicted molar refractivity (Wildman–Crippen MR) is 132 cm³/mol. The lowest BCUT2D eigenvalue weighted by Gasteiger charge is -2.39. The van der Waals surface area contributed by atoms with Gasteiger partial charge in [-0.05, 0) is 29.7 Å². The Hall–Kier alpha value is -1.79. The number of nitrogens with one attached hydrogen (secondary N) is 2. The van der Waals surface area contributed by atoms with E-state index >= 15 is 0 Å². The Kier molecular flexibility index (Phi) is 8.31. The smallest absolute Gasteiger partial charge is 0.270 e. The van der Waals surface area contributed by atoms with E-state index in [2.05, 4.69) is 49.7 Å². The summed E-state index contributed by atoms with van der Waals surface area (Å²) >= 11 is 1.91. The van der Waals surface area contributed by atoms with Crippen molar-refractivity contribution in [3.8, 4) is 0 Å². The summed E-state index contributed by atoms with van der Waals surface area (Å²) in [5.74, 6) is -0.272. The Morgan fingerprint density at radius 1 is 1.25 bits per heavy atom. The molecule has 1 atom stereocenters. The number of fused-ring (bicyclic) bond motifs is 1. The SMILES string of the molecule is O=C(NC[C@H](O)CN1CCc2ccccc2C1)c1cc(NC2CN(CCOI)C2)ccn1. The number of pyridine rings is 1. The number of amides is 1. The van der Waals surface area contributed by atoms with E-state index in [9.17, 15) is 9.90 Å². The molecule has 8 nitrogen and oxygen atoms in total. The highest BCUT2D eigenvalue weighted by Gasteiger charge is 2.26. The van der Waals surface area contributed by atoms with Crippen LogP contribution in [0.1, 0.15) is 21.6 Å². The number of rotatable bonds is 10. The van der Waals surface area contributed by atoms with Crippen LogP contribution in [0.25, 0.3) is 0 Å². The average molecular weight is 551 g/mol. The van der Waals surface area contributed by atoms with Gasteiger partial charge in [0.05, 0.1) is 18.8 Å². The van der Waals surface area contributed by atoms with Gasteiger partial charge in [-0.3, -0.25) is 19.6 Å². The molecule has 0 bridgehead atoms. The van der Waals surface area contributed by atoms with Gasteiger partial charge in [-0.2, -0.15) is 0 Å². The zero-order chi connectivity index (χ0) is 22.3. The van der Waals surface area contributed by atoms with Gasteiger partial charge in [-0.25, -0.2) is 0 Å². The third kappa shape index (κ3) is 6.38. The molecular formula is C23H30IN5O3. The summed E-state index contributed by atoms with van der Waals surface area (Å²) < 4.78 is 5.07. The molecule has 4 rings (SSSR count). The molecule has 3 N–H and O–H groups in total. The van der Waals surface area contributed by atoms with Crippen LogP contribution in [-0.4, -0.2) is 83.8 Å². The van der Waals surface area contributed by atoms with Gasteiger partial charge in [0.2, 0.25) is 0 Å². The third-order valence-electron chi connectivity index (χ3n) is 5.98. The molecule has 0 radical (unpaired) electrons. The van der Waals surface area contributed by atoms with Crippen LogP contribution < -0.4 is 10.6 Å². The molecule has 2 aliphatic rings. The van der Waals surface area contributed by atoms with E-state index in [4.69, 9.17) is 3.07 Å². The molecule has 32 heavy (non-hydrogen) atoms. The molecule has 3 heterocycles. The lowest BCUT2D eigenvalue weighted by Crippen LogP contribution is -2.55. The van der Waals surface area contributed by atoms with Crippen molar-refractivity contribution in [2.45, 2.75) is 25.1 Å². The molecule has 2 aromatic rings. The number of likely N-dealkylation sites (tertiary alicyclic amines) is 1. The van der Waals surface area contributed by atoms with Gasteiger partial charge in [0.15, 0.2) is 0 Å². The van der Waals surface area contributed by atoms with Crippen molar-refractivity contribution in [3.05, 3.63) is 59.4 Å². The summed E-state index contributed by atoms with van der Waals surface area (Å²) in [6.07, 6.45) is 2.00. The number of carbonyl (C=O) groups excluding carboxylic acids is 1. The molecule has 1 aromatic carbocycles. The van der Waals surface area contributed by atoms with Gasteiger partial charge in [0.25, 0.3) is 5.91 Å². The fourth-order valence-corrected chi connectivity index (χ4v) is 4.46. The second-order valence-corrected chi connectivity index (χ2v) is 9.08. The van der Waals surface area contributed by atoms with Crippen LogP contribution in [0.2, 0.25) is 0 Å². The van der Waals surface area contributed by atoms with E-state index in [0.717, 1.165) is 51.4 Å². The maximum Gasteiger partial charge on any atom is 0.270 e. The number of halogens is 1. The van der Waals surface area contributed by atoms with E-state index in [1.165, 1.54) is 11.1 Å². The van der Waals surface area contributed by atoms with Crippen LogP contribution in [0.5, 0.6) is 0 Å². The second-order valence-electron chi connectivity index (χ2n) is 8.46. The Labute approximate surface area is 203 Å². The average Bonchev–Trinajstić information content (AvgIpc) is 2.79. The minimum atomic E-state index is -0.627. The van der Waals surface area contributed by atoms with E-state index in [1.807, 2.05) is 29.1 Å². The third-order valence-corrected chi connectivity index (χ3v) is 6.42.